The Morgan fingerprint density at radius 3 is 2.81 bits per heavy atom. The van der Waals surface area contributed by atoms with Gasteiger partial charge in [0.1, 0.15) is 5.75 Å². The molecule has 0 amide bonds. The molecular formula is C14H19NO. The van der Waals surface area contributed by atoms with E-state index in [1.54, 1.807) is 7.11 Å². The smallest absolute Gasteiger partial charge is 0.122 e. The van der Waals surface area contributed by atoms with Crippen molar-refractivity contribution >= 4 is 0 Å². The third-order valence-electron chi connectivity index (χ3n) is 4.55. The lowest BCUT2D eigenvalue weighted by Gasteiger charge is -2.50. The van der Waals surface area contributed by atoms with Crippen LogP contribution in [0.2, 0.25) is 0 Å². The highest BCUT2D eigenvalue weighted by molar-refractivity contribution is 5.48. The van der Waals surface area contributed by atoms with Gasteiger partial charge in [0, 0.05) is 11.5 Å². The highest BCUT2D eigenvalue weighted by Crippen LogP contribution is 2.51. The number of nitrogens with two attached hydrogens (primary N) is 1. The second-order valence-electron chi connectivity index (χ2n) is 5.14. The molecule has 1 spiro atoms. The summed E-state index contributed by atoms with van der Waals surface area (Å²) in [6.07, 6.45) is 6.02. The summed E-state index contributed by atoms with van der Waals surface area (Å²) in [5, 5.41) is 0. The first kappa shape index (κ1) is 10.2. The van der Waals surface area contributed by atoms with E-state index in [-0.39, 0.29) is 5.41 Å². The van der Waals surface area contributed by atoms with E-state index in [1.165, 1.54) is 30.4 Å². The average Bonchev–Trinajstić information content (AvgIpc) is 2.25. The number of ether oxygens (including phenoxy) is 1. The van der Waals surface area contributed by atoms with Crippen LogP contribution in [0.3, 0.4) is 0 Å². The van der Waals surface area contributed by atoms with Gasteiger partial charge in [0.05, 0.1) is 7.11 Å². The quantitative estimate of drug-likeness (QED) is 0.784. The molecule has 2 aliphatic carbocycles. The van der Waals surface area contributed by atoms with Gasteiger partial charge >= 0.3 is 0 Å². The van der Waals surface area contributed by atoms with Crippen molar-refractivity contribution < 1.29 is 4.74 Å². The van der Waals surface area contributed by atoms with Crippen LogP contribution in [0.25, 0.3) is 0 Å². The fraction of sp³-hybridized carbons (Fsp3) is 0.571. The SMILES string of the molecule is COc1cccc2c1CCC(N)C21CCC1. The van der Waals surface area contributed by atoms with Gasteiger partial charge in [0.25, 0.3) is 0 Å². The summed E-state index contributed by atoms with van der Waals surface area (Å²) >= 11 is 0. The maximum Gasteiger partial charge on any atom is 0.122 e. The lowest BCUT2D eigenvalue weighted by atomic mass is 9.56. The number of hydrogen-bond donors (Lipinski definition) is 1. The molecule has 1 unspecified atom stereocenters. The Kier molecular flexibility index (Phi) is 2.21. The number of benzene rings is 1. The molecule has 2 heteroatoms. The first-order valence-electron chi connectivity index (χ1n) is 6.20. The Balaban J connectivity index is 2.13. The van der Waals surface area contributed by atoms with Crippen molar-refractivity contribution in [2.75, 3.05) is 7.11 Å². The molecule has 1 aromatic rings. The van der Waals surface area contributed by atoms with Crippen molar-refractivity contribution in [3.63, 3.8) is 0 Å². The summed E-state index contributed by atoms with van der Waals surface area (Å²) in [7, 11) is 1.76. The largest absolute Gasteiger partial charge is 0.496 e. The number of rotatable bonds is 1. The van der Waals surface area contributed by atoms with E-state index in [9.17, 15) is 0 Å². The number of hydrogen-bond acceptors (Lipinski definition) is 2. The van der Waals surface area contributed by atoms with E-state index < -0.39 is 0 Å². The zero-order valence-electron chi connectivity index (χ0n) is 9.83. The molecule has 86 valence electrons. The van der Waals surface area contributed by atoms with Crippen LogP contribution >= 0.6 is 0 Å². The van der Waals surface area contributed by atoms with Crippen LogP contribution in [0.4, 0.5) is 0 Å². The summed E-state index contributed by atoms with van der Waals surface area (Å²) in [6.45, 7) is 0. The molecule has 0 aromatic heterocycles. The van der Waals surface area contributed by atoms with Crippen LogP contribution in [0, 0.1) is 0 Å². The molecule has 0 heterocycles. The van der Waals surface area contributed by atoms with Crippen LogP contribution in [-0.2, 0) is 11.8 Å². The molecule has 2 nitrogen and oxygen atoms in total. The molecule has 1 atom stereocenters. The van der Waals surface area contributed by atoms with Crippen LogP contribution in [0.15, 0.2) is 18.2 Å². The van der Waals surface area contributed by atoms with Crippen LogP contribution < -0.4 is 10.5 Å². The number of fused-ring (bicyclic) bond motifs is 2. The number of methoxy groups -OCH3 is 1. The van der Waals surface area contributed by atoms with Crippen LogP contribution in [0.1, 0.15) is 36.8 Å². The summed E-state index contributed by atoms with van der Waals surface area (Å²) in [4.78, 5) is 0. The van der Waals surface area contributed by atoms with Crippen molar-refractivity contribution in [3.05, 3.63) is 29.3 Å². The van der Waals surface area contributed by atoms with Crippen LogP contribution in [-0.4, -0.2) is 13.2 Å². The average molecular weight is 217 g/mol. The van der Waals surface area contributed by atoms with E-state index in [0.29, 0.717) is 6.04 Å². The van der Waals surface area contributed by atoms with Gasteiger partial charge in [0.15, 0.2) is 0 Å². The Labute approximate surface area is 96.8 Å². The topological polar surface area (TPSA) is 35.2 Å². The maximum atomic E-state index is 6.34. The molecule has 16 heavy (non-hydrogen) atoms. The third kappa shape index (κ3) is 1.17. The predicted octanol–water partition coefficient (Wildman–Crippen LogP) is 2.39. The maximum absolute atomic E-state index is 6.34. The van der Waals surface area contributed by atoms with E-state index in [1.807, 2.05) is 0 Å². The lowest BCUT2D eigenvalue weighted by molar-refractivity contribution is 0.175. The first-order chi connectivity index (χ1) is 7.78. The second-order valence-corrected chi connectivity index (χ2v) is 5.14. The molecule has 0 radical (unpaired) electrons. The summed E-state index contributed by atoms with van der Waals surface area (Å²) in [5.74, 6) is 1.05. The Bertz CT molecular complexity index is 409. The van der Waals surface area contributed by atoms with Crippen LogP contribution in [0.5, 0.6) is 5.75 Å². The van der Waals surface area contributed by atoms with Crippen molar-refractivity contribution in [1.29, 1.82) is 0 Å². The first-order valence-corrected chi connectivity index (χ1v) is 6.20. The Morgan fingerprint density at radius 1 is 1.38 bits per heavy atom. The summed E-state index contributed by atoms with van der Waals surface area (Å²) < 4.78 is 5.47. The molecule has 1 aromatic carbocycles. The lowest BCUT2D eigenvalue weighted by Crippen LogP contribution is -2.53. The Morgan fingerprint density at radius 2 is 2.19 bits per heavy atom. The molecule has 0 aliphatic heterocycles. The van der Waals surface area contributed by atoms with Crippen molar-refractivity contribution in [1.82, 2.24) is 0 Å². The van der Waals surface area contributed by atoms with Gasteiger partial charge < -0.3 is 10.5 Å². The molecule has 0 saturated heterocycles. The third-order valence-corrected chi connectivity index (χ3v) is 4.55. The van der Waals surface area contributed by atoms with Crippen molar-refractivity contribution in [2.24, 2.45) is 5.73 Å². The van der Waals surface area contributed by atoms with Gasteiger partial charge in [-0.25, -0.2) is 0 Å². The summed E-state index contributed by atoms with van der Waals surface area (Å²) in [6, 6.07) is 6.79. The molecule has 2 aliphatic rings. The van der Waals surface area contributed by atoms with Gasteiger partial charge in [-0.05, 0) is 42.9 Å². The van der Waals surface area contributed by atoms with E-state index in [0.717, 1.165) is 18.6 Å². The standard InChI is InChI=1S/C14H19NO/c1-16-12-5-2-4-11-10(12)6-7-13(15)14(11)8-3-9-14/h2,4-5,13H,3,6-9,15H2,1H3. The molecule has 3 rings (SSSR count). The molecule has 0 bridgehead atoms. The van der Waals surface area contributed by atoms with Gasteiger partial charge in [0.2, 0.25) is 0 Å². The summed E-state index contributed by atoms with van der Waals surface area (Å²) in [5.41, 5.74) is 9.50. The van der Waals surface area contributed by atoms with Gasteiger partial charge in [-0.2, -0.15) is 0 Å². The Hall–Kier alpha value is -1.02. The minimum Gasteiger partial charge on any atom is -0.496 e. The highest BCUT2D eigenvalue weighted by Gasteiger charge is 2.47. The zero-order chi connectivity index (χ0) is 11.2. The van der Waals surface area contributed by atoms with Crippen molar-refractivity contribution in [2.45, 2.75) is 43.6 Å². The second kappa shape index (κ2) is 3.49. The highest BCUT2D eigenvalue weighted by atomic mass is 16.5. The van der Waals surface area contributed by atoms with E-state index >= 15 is 0 Å². The van der Waals surface area contributed by atoms with Gasteiger partial charge in [-0.1, -0.05) is 18.6 Å². The minimum atomic E-state index is 0.280. The molecule has 1 saturated carbocycles. The van der Waals surface area contributed by atoms with Gasteiger partial charge in [-0.15, -0.1) is 0 Å². The fourth-order valence-corrected chi connectivity index (χ4v) is 3.45. The molecular weight excluding hydrogens is 198 g/mol. The monoisotopic (exact) mass is 217 g/mol. The normalized spacial score (nSPS) is 26.0. The zero-order valence-corrected chi connectivity index (χ0v) is 9.83. The van der Waals surface area contributed by atoms with E-state index in [4.69, 9.17) is 10.5 Å². The predicted molar refractivity (Wildman–Crippen MR) is 64.8 cm³/mol. The van der Waals surface area contributed by atoms with Crippen molar-refractivity contribution in [3.8, 4) is 5.75 Å². The molecule has 1 fully saturated rings. The fourth-order valence-electron chi connectivity index (χ4n) is 3.45. The van der Waals surface area contributed by atoms with Gasteiger partial charge in [-0.3, -0.25) is 0 Å². The minimum absolute atomic E-state index is 0.280. The molecule has 2 N–H and O–H groups in total. The van der Waals surface area contributed by atoms with E-state index in [2.05, 4.69) is 18.2 Å².